The van der Waals surface area contributed by atoms with Crippen molar-refractivity contribution in [1.82, 2.24) is 0 Å². The van der Waals surface area contributed by atoms with Gasteiger partial charge >= 0.3 is 0 Å². The number of rotatable bonds is 15. The lowest BCUT2D eigenvalue weighted by molar-refractivity contribution is 0.535. The van der Waals surface area contributed by atoms with E-state index in [1.807, 2.05) is 0 Å². The van der Waals surface area contributed by atoms with Crippen molar-refractivity contribution >= 4 is 0 Å². The first-order valence-corrected chi connectivity index (χ1v) is 8.49. The molecule has 0 heterocycles. The third-order valence-corrected chi connectivity index (χ3v) is 3.74. The highest BCUT2D eigenvalue weighted by Crippen LogP contribution is 2.13. The van der Waals surface area contributed by atoms with Crippen molar-refractivity contribution in [1.29, 1.82) is 5.26 Å². The van der Waals surface area contributed by atoms with Gasteiger partial charge in [-0.25, -0.2) is 0 Å². The van der Waals surface area contributed by atoms with E-state index in [0.29, 0.717) is 0 Å². The fourth-order valence-electron chi connectivity index (χ4n) is 2.47. The van der Waals surface area contributed by atoms with E-state index in [2.05, 4.69) is 6.07 Å². The summed E-state index contributed by atoms with van der Waals surface area (Å²) in [6.07, 6.45) is 19.6. The predicted molar refractivity (Wildman–Crippen MR) is 83.9 cm³/mol. The maximum atomic E-state index is 8.41. The normalized spacial score (nSPS) is 10.5. The van der Waals surface area contributed by atoms with E-state index in [-0.39, 0.29) is 0 Å². The van der Waals surface area contributed by atoms with Gasteiger partial charge in [-0.15, -0.1) is 0 Å². The first-order chi connectivity index (χ1) is 9.41. The van der Waals surface area contributed by atoms with Gasteiger partial charge in [-0.2, -0.15) is 5.26 Å². The highest BCUT2D eigenvalue weighted by Gasteiger charge is 1.94. The van der Waals surface area contributed by atoms with Crippen molar-refractivity contribution in [2.24, 2.45) is 5.73 Å². The lowest BCUT2D eigenvalue weighted by Crippen LogP contribution is -1.97. The first kappa shape index (κ1) is 18.4. The molecule has 2 nitrogen and oxygen atoms in total. The SMILES string of the molecule is N#CCCCCCCCCCCCCCCCCN. The van der Waals surface area contributed by atoms with Gasteiger partial charge in [0.25, 0.3) is 0 Å². The van der Waals surface area contributed by atoms with Crippen LogP contribution in [0.25, 0.3) is 0 Å². The van der Waals surface area contributed by atoms with Crippen LogP contribution in [0.1, 0.15) is 96.3 Å². The number of unbranched alkanes of at least 4 members (excludes halogenated alkanes) is 14. The molecule has 112 valence electrons. The minimum Gasteiger partial charge on any atom is -0.330 e. The molecule has 0 aliphatic heterocycles. The van der Waals surface area contributed by atoms with Crippen LogP contribution in [-0.2, 0) is 0 Å². The minimum absolute atomic E-state index is 0.741. The molecule has 0 unspecified atom stereocenters. The fourth-order valence-corrected chi connectivity index (χ4v) is 2.47. The van der Waals surface area contributed by atoms with Crippen molar-refractivity contribution in [2.75, 3.05) is 6.54 Å². The monoisotopic (exact) mass is 266 g/mol. The summed E-state index contributed by atoms with van der Waals surface area (Å²) in [4.78, 5) is 0. The number of hydrogen-bond acceptors (Lipinski definition) is 2. The Morgan fingerprint density at radius 3 is 1.16 bits per heavy atom. The van der Waals surface area contributed by atoms with Crippen molar-refractivity contribution < 1.29 is 0 Å². The van der Waals surface area contributed by atoms with E-state index in [4.69, 9.17) is 11.0 Å². The third kappa shape index (κ3) is 17.4. The average Bonchev–Trinajstić information content (AvgIpc) is 2.43. The van der Waals surface area contributed by atoms with Gasteiger partial charge in [0.1, 0.15) is 0 Å². The summed E-state index contributed by atoms with van der Waals surface area (Å²) < 4.78 is 0. The van der Waals surface area contributed by atoms with Gasteiger partial charge in [-0.05, 0) is 19.4 Å². The molecule has 0 aliphatic rings. The summed E-state index contributed by atoms with van der Waals surface area (Å²) in [7, 11) is 0. The van der Waals surface area contributed by atoms with Gasteiger partial charge in [0.05, 0.1) is 6.07 Å². The summed E-state index contributed by atoms with van der Waals surface area (Å²) in [6.45, 7) is 0.858. The Bertz CT molecular complexity index is 196. The third-order valence-electron chi connectivity index (χ3n) is 3.74. The Hall–Kier alpha value is -0.550. The molecule has 0 saturated carbocycles. The molecule has 0 saturated heterocycles. The van der Waals surface area contributed by atoms with Crippen molar-refractivity contribution in [3.63, 3.8) is 0 Å². The van der Waals surface area contributed by atoms with Crippen molar-refractivity contribution in [2.45, 2.75) is 96.3 Å². The Kier molecular flexibility index (Phi) is 16.9. The maximum Gasteiger partial charge on any atom is 0.0621 e. The lowest BCUT2D eigenvalue weighted by Gasteiger charge is -2.02. The topological polar surface area (TPSA) is 49.8 Å². The molecule has 0 bridgehead atoms. The Morgan fingerprint density at radius 1 is 0.526 bits per heavy atom. The molecule has 2 heteroatoms. The summed E-state index contributed by atoms with van der Waals surface area (Å²) >= 11 is 0. The summed E-state index contributed by atoms with van der Waals surface area (Å²) in [6, 6.07) is 2.21. The van der Waals surface area contributed by atoms with Crippen molar-refractivity contribution in [3.8, 4) is 6.07 Å². The average molecular weight is 266 g/mol. The number of nitriles is 1. The quantitative estimate of drug-likeness (QED) is 0.408. The van der Waals surface area contributed by atoms with E-state index in [1.165, 1.54) is 83.5 Å². The van der Waals surface area contributed by atoms with E-state index < -0.39 is 0 Å². The number of nitrogens with two attached hydrogens (primary N) is 1. The van der Waals surface area contributed by atoms with Crippen LogP contribution in [0, 0.1) is 11.3 Å². The molecule has 0 radical (unpaired) electrons. The molecule has 19 heavy (non-hydrogen) atoms. The van der Waals surface area contributed by atoms with Gasteiger partial charge in [0.15, 0.2) is 0 Å². The van der Waals surface area contributed by atoms with Crippen LogP contribution in [0.5, 0.6) is 0 Å². The zero-order chi connectivity index (χ0) is 14.0. The summed E-state index contributed by atoms with van der Waals surface area (Å²) in [5.41, 5.74) is 5.47. The van der Waals surface area contributed by atoms with E-state index in [0.717, 1.165) is 19.4 Å². The molecule has 0 aromatic heterocycles. The molecule has 0 atom stereocenters. The second-order valence-electron chi connectivity index (χ2n) is 5.65. The van der Waals surface area contributed by atoms with Gasteiger partial charge in [0.2, 0.25) is 0 Å². The van der Waals surface area contributed by atoms with E-state index in [1.54, 1.807) is 0 Å². The molecule has 0 aromatic rings. The Morgan fingerprint density at radius 2 is 0.842 bits per heavy atom. The summed E-state index contributed by atoms with van der Waals surface area (Å²) in [5.74, 6) is 0. The van der Waals surface area contributed by atoms with Gasteiger partial charge in [0, 0.05) is 6.42 Å². The zero-order valence-corrected chi connectivity index (χ0v) is 12.8. The molecule has 0 spiro atoms. The van der Waals surface area contributed by atoms with Gasteiger partial charge < -0.3 is 5.73 Å². The maximum absolute atomic E-state index is 8.41. The minimum atomic E-state index is 0.741. The second kappa shape index (κ2) is 17.4. The Balaban J connectivity index is 2.90. The largest absolute Gasteiger partial charge is 0.330 e. The molecular formula is C17H34N2. The van der Waals surface area contributed by atoms with E-state index in [9.17, 15) is 0 Å². The number of nitrogens with zero attached hydrogens (tertiary/aromatic N) is 1. The zero-order valence-electron chi connectivity index (χ0n) is 12.8. The Labute approximate surface area is 120 Å². The molecular weight excluding hydrogens is 232 g/mol. The van der Waals surface area contributed by atoms with Crippen LogP contribution in [0.15, 0.2) is 0 Å². The predicted octanol–water partition coefficient (Wildman–Crippen LogP) is 5.32. The van der Waals surface area contributed by atoms with Crippen LogP contribution < -0.4 is 5.73 Å². The highest BCUT2D eigenvalue weighted by atomic mass is 14.5. The second-order valence-corrected chi connectivity index (χ2v) is 5.65. The van der Waals surface area contributed by atoms with Crippen LogP contribution in [0.2, 0.25) is 0 Å². The molecule has 0 aliphatic carbocycles. The van der Waals surface area contributed by atoms with Crippen molar-refractivity contribution in [3.05, 3.63) is 0 Å². The highest BCUT2D eigenvalue weighted by molar-refractivity contribution is 4.67. The molecule has 0 fully saturated rings. The first-order valence-electron chi connectivity index (χ1n) is 8.49. The molecule has 2 N–H and O–H groups in total. The van der Waals surface area contributed by atoms with Gasteiger partial charge in [-0.1, -0.05) is 77.0 Å². The van der Waals surface area contributed by atoms with Crippen LogP contribution >= 0.6 is 0 Å². The molecule has 0 amide bonds. The van der Waals surface area contributed by atoms with Gasteiger partial charge in [-0.3, -0.25) is 0 Å². The molecule has 0 rings (SSSR count). The fraction of sp³-hybridized carbons (Fsp3) is 0.941. The van der Waals surface area contributed by atoms with Crippen LogP contribution in [-0.4, -0.2) is 6.54 Å². The smallest absolute Gasteiger partial charge is 0.0621 e. The standard InChI is InChI=1S/C17H34N2/c18-16-14-12-10-8-6-4-2-1-3-5-7-9-11-13-15-17-19/h1-16,18H2. The van der Waals surface area contributed by atoms with Crippen LogP contribution in [0.4, 0.5) is 0 Å². The van der Waals surface area contributed by atoms with E-state index >= 15 is 0 Å². The number of hydrogen-bond donors (Lipinski definition) is 1. The molecule has 0 aromatic carbocycles. The lowest BCUT2D eigenvalue weighted by atomic mass is 10.0. The van der Waals surface area contributed by atoms with Crippen LogP contribution in [0.3, 0.4) is 0 Å². The summed E-state index contributed by atoms with van der Waals surface area (Å²) in [5, 5.41) is 8.41.